The van der Waals surface area contributed by atoms with Crippen LogP contribution < -0.4 is 0 Å². The molecule has 136 valence electrons. The lowest BCUT2D eigenvalue weighted by Crippen LogP contribution is -2.10. The highest BCUT2D eigenvalue weighted by molar-refractivity contribution is 7.19. The van der Waals surface area contributed by atoms with Gasteiger partial charge in [-0.05, 0) is 38.4 Å². The van der Waals surface area contributed by atoms with Gasteiger partial charge in [0.2, 0.25) is 10.8 Å². The van der Waals surface area contributed by atoms with E-state index in [0.29, 0.717) is 16.4 Å². The minimum absolute atomic E-state index is 0.220. The lowest BCUT2D eigenvalue weighted by molar-refractivity contribution is 0.0821. The molecule has 26 heavy (non-hydrogen) atoms. The third-order valence-corrected chi connectivity index (χ3v) is 5.09. The summed E-state index contributed by atoms with van der Waals surface area (Å²) < 4.78 is 29.6. The maximum atomic E-state index is 13.4. The van der Waals surface area contributed by atoms with Gasteiger partial charge in [-0.1, -0.05) is 11.3 Å². The number of halogens is 3. The van der Waals surface area contributed by atoms with Crippen molar-refractivity contribution in [2.45, 2.75) is 32.7 Å². The maximum Gasteiger partial charge on any atom is 0.383 e. The molecule has 0 atom stereocenters. The first kappa shape index (κ1) is 17.0. The largest absolute Gasteiger partial charge is 0.383 e. The van der Waals surface area contributed by atoms with Gasteiger partial charge in [-0.15, -0.1) is 10.2 Å². The Morgan fingerprint density at radius 1 is 1.27 bits per heavy atom. The minimum atomic E-state index is -3.65. The summed E-state index contributed by atoms with van der Waals surface area (Å²) in [6.07, 6.45) is 0. The Kier molecular flexibility index (Phi) is 3.81. The highest BCUT2D eigenvalue weighted by Gasteiger charge is 2.36. The lowest BCUT2D eigenvalue weighted by Gasteiger charge is -2.01. The van der Waals surface area contributed by atoms with E-state index in [-0.39, 0.29) is 4.96 Å². The summed E-state index contributed by atoms with van der Waals surface area (Å²) >= 11 is 6.16. The Bertz CT molecular complexity index is 1100. The van der Waals surface area contributed by atoms with Crippen LogP contribution in [0.1, 0.15) is 24.1 Å². The van der Waals surface area contributed by atoms with Crippen LogP contribution in [0.25, 0.3) is 26.9 Å². The predicted octanol–water partition coefficient (Wildman–Crippen LogP) is 3.36. The van der Waals surface area contributed by atoms with E-state index >= 15 is 0 Å². The molecule has 1 N–H and O–H groups in total. The van der Waals surface area contributed by atoms with Gasteiger partial charge < -0.3 is 0 Å². The normalized spacial score (nSPS) is 12.4. The van der Waals surface area contributed by atoms with Crippen LogP contribution in [0.2, 0.25) is 0 Å². The van der Waals surface area contributed by atoms with Crippen molar-refractivity contribution in [1.82, 2.24) is 39.8 Å². The van der Waals surface area contributed by atoms with Gasteiger partial charge in [0.05, 0.1) is 17.1 Å². The average molecular weight is 399 g/mol. The minimum Gasteiger partial charge on any atom is -0.275 e. The van der Waals surface area contributed by atoms with Crippen LogP contribution in [-0.4, -0.2) is 39.8 Å². The zero-order valence-electron chi connectivity index (χ0n) is 14.0. The standard InChI is InChI=1S/C14H13ClF2N8S/c1-4-24-7(3)10(6(2)22-24)8-5-9(19-18-8)11-23-25-12(14(15,16)17)20-21-13(25)26-11/h5H,4H2,1-3H3,(H,18,19). The lowest BCUT2D eigenvalue weighted by atomic mass is 10.1. The van der Waals surface area contributed by atoms with Crippen molar-refractivity contribution >= 4 is 27.9 Å². The molecule has 0 saturated heterocycles. The van der Waals surface area contributed by atoms with Crippen molar-refractivity contribution < 1.29 is 8.78 Å². The van der Waals surface area contributed by atoms with Gasteiger partial charge in [0.25, 0.3) is 0 Å². The topological polar surface area (TPSA) is 89.6 Å². The second kappa shape index (κ2) is 5.81. The van der Waals surface area contributed by atoms with Crippen LogP contribution in [0.4, 0.5) is 8.78 Å². The number of hydrogen-bond donors (Lipinski definition) is 1. The third-order valence-electron chi connectivity index (χ3n) is 3.99. The number of alkyl halides is 3. The molecule has 0 radical (unpaired) electrons. The molecule has 8 nitrogen and oxygen atoms in total. The molecule has 4 heterocycles. The number of aromatic nitrogens is 8. The van der Waals surface area contributed by atoms with E-state index in [2.05, 4.69) is 30.6 Å². The fourth-order valence-corrected chi connectivity index (χ4v) is 3.76. The number of fused-ring (bicyclic) bond motifs is 1. The SMILES string of the molecule is CCn1nc(C)c(-c2cc(-c3nn4c(C(F)(F)Cl)nnc4s3)[nH]n2)c1C. The first-order valence-electron chi connectivity index (χ1n) is 7.69. The van der Waals surface area contributed by atoms with Gasteiger partial charge in [-0.2, -0.15) is 28.6 Å². The van der Waals surface area contributed by atoms with Gasteiger partial charge in [-0.3, -0.25) is 9.78 Å². The second-order valence-corrected chi connectivity index (χ2v) is 7.08. The molecule has 0 saturated carbocycles. The monoisotopic (exact) mass is 398 g/mol. The van der Waals surface area contributed by atoms with Crippen LogP contribution in [0, 0.1) is 13.8 Å². The van der Waals surface area contributed by atoms with Crippen LogP contribution in [0.5, 0.6) is 0 Å². The zero-order chi connectivity index (χ0) is 18.6. The summed E-state index contributed by atoms with van der Waals surface area (Å²) in [4.78, 5) is 0.220. The molecule has 0 aliphatic carbocycles. The Labute approximate surface area is 154 Å². The fourth-order valence-electron chi connectivity index (χ4n) is 2.84. The summed E-state index contributed by atoms with van der Waals surface area (Å²) in [5, 5.41) is 19.7. The molecule has 12 heteroatoms. The van der Waals surface area contributed by atoms with Crippen molar-refractivity contribution in [3.63, 3.8) is 0 Å². The summed E-state index contributed by atoms with van der Waals surface area (Å²) in [6, 6.07) is 1.81. The summed E-state index contributed by atoms with van der Waals surface area (Å²) in [6.45, 7) is 6.67. The molecular weight excluding hydrogens is 386 g/mol. The number of hydrogen-bond acceptors (Lipinski definition) is 6. The molecule has 4 aromatic heterocycles. The molecule has 0 spiro atoms. The van der Waals surface area contributed by atoms with Crippen LogP contribution in [-0.2, 0) is 11.9 Å². The Hall–Kier alpha value is -2.40. The van der Waals surface area contributed by atoms with Gasteiger partial charge in [0, 0.05) is 17.8 Å². The number of aromatic amines is 1. The quantitative estimate of drug-likeness (QED) is 0.532. The first-order valence-corrected chi connectivity index (χ1v) is 8.88. The Morgan fingerprint density at radius 3 is 2.69 bits per heavy atom. The van der Waals surface area contributed by atoms with E-state index in [1.54, 1.807) is 6.07 Å². The molecule has 0 aromatic carbocycles. The molecule has 4 rings (SSSR count). The van der Waals surface area contributed by atoms with E-state index in [9.17, 15) is 8.78 Å². The van der Waals surface area contributed by atoms with Gasteiger partial charge in [-0.25, -0.2) is 0 Å². The molecule has 4 aromatic rings. The smallest absolute Gasteiger partial charge is 0.275 e. The summed E-state index contributed by atoms with van der Waals surface area (Å²) in [5.41, 5.74) is 4.10. The van der Waals surface area contributed by atoms with Crippen molar-refractivity contribution in [3.8, 4) is 22.0 Å². The van der Waals surface area contributed by atoms with E-state index in [1.807, 2.05) is 25.5 Å². The molecule has 0 fully saturated rings. The summed E-state index contributed by atoms with van der Waals surface area (Å²) in [5.74, 6) is -0.715. The third kappa shape index (κ3) is 2.58. The molecule has 0 amide bonds. The number of H-pyrrole nitrogens is 1. The van der Waals surface area contributed by atoms with Crippen molar-refractivity contribution in [2.24, 2.45) is 0 Å². The summed E-state index contributed by atoms with van der Waals surface area (Å²) in [7, 11) is 0. The molecule has 0 aliphatic heterocycles. The highest BCUT2D eigenvalue weighted by Crippen LogP contribution is 2.34. The van der Waals surface area contributed by atoms with Gasteiger partial charge in [0.15, 0.2) is 5.01 Å². The predicted molar refractivity (Wildman–Crippen MR) is 92.4 cm³/mol. The second-order valence-electron chi connectivity index (χ2n) is 5.65. The van der Waals surface area contributed by atoms with Crippen molar-refractivity contribution in [1.29, 1.82) is 0 Å². The Morgan fingerprint density at radius 2 is 2.04 bits per heavy atom. The highest BCUT2D eigenvalue weighted by atomic mass is 35.5. The van der Waals surface area contributed by atoms with Crippen LogP contribution in [0.3, 0.4) is 0 Å². The number of nitrogens with zero attached hydrogens (tertiary/aromatic N) is 7. The average Bonchev–Trinajstić information content (AvgIpc) is 3.27. The van der Waals surface area contributed by atoms with Crippen LogP contribution >= 0.6 is 22.9 Å². The maximum absolute atomic E-state index is 13.4. The molecule has 0 bridgehead atoms. The van der Waals surface area contributed by atoms with E-state index in [4.69, 9.17) is 11.6 Å². The zero-order valence-corrected chi connectivity index (χ0v) is 15.5. The number of aryl methyl sites for hydroxylation is 2. The van der Waals surface area contributed by atoms with Crippen LogP contribution in [0.15, 0.2) is 6.07 Å². The first-order chi connectivity index (χ1) is 12.3. The number of nitrogens with one attached hydrogen (secondary N) is 1. The molecule has 0 unspecified atom stereocenters. The van der Waals surface area contributed by atoms with Crippen molar-refractivity contribution in [3.05, 3.63) is 23.3 Å². The van der Waals surface area contributed by atoms with E-state index in [0.717, 1.165) is 39.3 Å². The van der Waals surface area contributed by atoms with E-state index < -0.39 is 11.2 Å². The fraction of sp³-hybridized carbons (Fsp3) is 0.357. The van der Waals surface area contributed by atoms with Crippen molar-refractivity contribution in [2.75, 3.05) is 0 Å². The van der Waals surface area contributed by atoms with Gasteiger partial charge >= 0.3 is 5.38 Å². The number of rotatable bonds is 4. The van der Waals surface area contributed by atoms with Gasteiger partial charge in [0.1, 0.15) is 0 Å². The molecular formula is C14H13ClF2N8S. The van der Waals surface area contributed by atoms with E-state index in [1.165, 1.54) is 0 Å². The molecule has 0 aliphatic rings. The Balaban J connectivity index is 1.76.